The van der Waals surface area contributed by atoms with Crippen molar-refractivity contribution in [2.75, 3.05) is 27.3 Å². The molecule has 114 valence electrons. The van der Waals surface area contributed by atoms with Crippen LogP contribution in [0.15, 0.2) is 28.9 Å². The van der Waals surface area contributed by atoms with E-state index in [0.717, 1.165) is 36.6 Å². The molecular formula is C17H30N2O. The fourth-order valence-electron chi connectivity index (χ4n) is 2.36. The van der Waals surface area contributed by atoms with Crippen molar-refractivity contribution < 1.29 is 4.74 Å². The number of rotatable bonds is 6. The zero-order valence-corrected chi connectivity index (χ0v) is 13.9. The number of ether oxygens (including phenoxy) is 1. The second-order valence-electron chi connectivity index (χ2n) is 6.09. The van der Waals surface area contributed by atoms with Gasteiger partial charge in [0.25, 0.3) is 0 Å². The molecule has 0 amide bonds. The molecule has 1 aliphatic heterocycles. The van der Waals surface area contributed by atoms with Gasteiger partial charge in [-0.3, -0.25) is 4.99 Å². The molecule has 0 aromatic heterocycles. The first-order valence-electron chi connectivity index (χ1n) is 7.56. The Morgan fingerprint density at radius 3 is 2.40 bits per heavy atom. The van der Waals surface area contributed by atoms with Gasteiger partial charge in [0.2, 0.25) is 0 Å². The first-order chi connectivity index (χ1) is 9.38. The monoisotopic (exact) mass is 278 g/mol. The molecule has 1 heterocycles. The van der Waals surface area contributed by atoms with Crippen LogP contribution in [-0.2, 0) is 4.74 Å². The Balaban J connectivity index is 3.07. The van der Waals surface area contributed by atoms with Crippen LogP contribution in [-0.4, -0.2) is 44.0 Å². The molecule has 1 saturated heterocycles. The molecule has 0 spiro atoms. The van der Waals surface area contributed by atoms with Gasteiger partial charge in [0, 0.05) is 24.3 Å². The van der Waals surface area contributed by atoms with Gasteiger partial charge in [0.1, 0.15) is 0 Å². The lowest BCUT2D eigenvalue weighted by Crippen LogP contribution is -2.35. The summed E-state index contributed by atoms with van der Waals surface area (Å²) in [6.45, 7) is 14.5. The smallest absolute Gasteiger partial charge is 0.0605 e. The van der Waals surface area contributed by atoms with Crippen LogP contribution in [0.2, 0.25) is 0 Å². The number of allylic oxidation sites excluding steroid dienone is 2. The van der Waals surface area contributed by atoms with Gasteiger partial charge < -0.3 is 9.64 Å². The van der Waals surface area contributed by atoms with E-state index in [4.69, 9.17) is 9.73 Å². The van der Waals surface area contributed by atoms with E-state index in [0.29, 0.717) is 11.8 Å². The Morgan fingerprint density at radius 2 is 2.00 bits per heavy atom. The van der Waals surface area contributed by atoms with Crippen molar-refractivity contribution in [3.8, 4) is 0 Å². The third-order valence-corrected chi connectivity index (χ3v) is 4.06. The van der Waals surface area contributed by atoms with Gasteiger partial charge in [-0.1, -0.05) is 26.5 Å². The fourth-order valence-corrected chi connectivity index (χ4v) is 2.36. The Hall–Kier alpha value is -0.930. The molecule has 0 unspecified atom stereocenters. The molecule has 20 heavy (non-hydrogen) atoms. The standard InChI is InChI=1S/C17H30N2O/c1-8-16(12(2)3)18-17(14(5)19(6)7)13(4)15-9-10-20-11-15/h8,12,14-15H,4,9-11H2,1-3,5-7H3/b16-8-,18-17?/t14-,15-/m0/s1. The van der Waals surface area contributed by atoms with Gasteiger partial charge in [-0.15, -0.1) is 0 Å². The zero-order valence-electron chi connectivity index (χ0n) is 13.9. The Bertz CT molecular complexity index is 388. The molecule has 0 bridgehead atoms. The topological polar surface area (TPSA) is 24.8 Å². The second-order valence-corrected chi connectivity index (χ2v) is 6.09. The number of aliphatic imine (C=N–C) groups is 1. The van der Waals surface area contributed by atoms with Gasteiger partial charge in [-0.2, -0.15) is 0 Å². The van der Waals surface area contributed by atoms with E-state index in [1.165, 1.54) is 0 Å². The number of hydrogen-bond acceptors (Lipinski definition) is 3. The lowest BCUT2D eigenvalue weighted by atomic mass is 9.91. The minimum atomic E-state index is 0.261. The summed E-state index contributed by atoms with van der Waals surface area (Å²) in [6.07, 6.45) is 3.16. The maximum atomic E-state index is 5.50. The molecule has 0 N–H and O–H groups in total. The fraction of sp³-hybridized carbons (Fsp3) is 0.706. The normalized spacial score (nSPS) is 22.7. The molecule has 0 aromatic carbocycles. The molecule has 1 fully saturated rings. The van der Waals surface area contributed by atoms with Crippen LogP contribution >= 0.6 is 0 Å². The molecule has 3 heteroatoms. The lowest BCUT2D eigenvalue weighted by molar-refractivity contribution is 0.190. The third kappa shape index (κ3) is 4.29. The van der Waals surface area contributed by atoms with Crippen molar-refractivity contribution in [3.05, 3.63) is 23.9 Å². The summed E-state index contributed by atoms with van der Waals surface area (Å²) in [5.74, 6) is 0.846. The van der Waals surface area contributed by atoms with Crippen molar-refractivity contribution in [2.45, 2.75) is 40.2 Å². The highest BCUT2D eigenvalue weighted by molar-refractivity contribution is 6.04. The third-order valence-electron chi connectivity index (χ3n) is 4.06. The van der Waals surface area contributed by atoms with Gasteiger partial charge in [-0.05, 0) is 45.9 Å². The Morgan fingerprint density at radius 1 is 1.35 bits per heavy atom. The highest BCUT2D eigenvalue weighted by Gasteiger charge is 2.26. The molecule has 0 radical (unpaired) electrons. The Kier molecular flexibility index (Phi) is 6.63. The first kappa shape index (κ1) is 17.1. The highest BCUT2D eigenvalue weighted by atomic mass is 16.5. The van der Waals surface area contributed by atoms with Crippen molar-refractivity contribution in [1.29, 1.82) is 0 Å². The second kappa shape index (κ2) is 7.75. The van der Waals surface area contributed by atoms with Crippen LogP contribution in [0.4, 0.5) is 0 Å². The highest BCUT2D eigenvalue weighted by Crippen LogP contribution is 2.25. The minimum absolute atomic E-state index is 0.261. The molecule has 0 aliphatic carbocycles. The number of nitrogens with zero attached hydrogens (tertiary/aromatic N) is 2. The Labute approximate surface area is 124 Å². The maximum Gasteiger partial charge on any atom is 0.0605 e. The van der Waals surface area contributed by atoms with Crippen LogP contribution in [0.3, 0.4) is 0 Å². The predicted octanol–water partition coefficient (Wildman–Crippen LogP) is 3.53. The summed E-state index contributed by atoms with van der Waals surface area (Å²) in [7, 11) is 4.17. The molecule has 0 aromatic rings. The molecule has 1 rings (SSSR count). The number of hydrogen-bond donors (Lipinski definition) is 0. The molecular weight excluding hydrogens is 248 g/mol. The van der Waals surface area contributed by atoms with E-state index in [2.05, 4.69) is 59.3 Å². The molecule has 1 aliphatic rings. The van der Waals surface area contributed by atoms with E-state index in [1.807, 2.05) is 0 Å². The summed E-state index contributed by atoms with van der Waals surface area (Å²) >= 11 is 0. The summed E-state index contributed by atoms with van der Waals surface area (Å²) < 4.78 is 5.50. The van der Waals surface area contributed by atoms with Crippen LogP contribution < -0.4 is 0 Å². The van der Waals surface area contributed by atoms with E-state index in [-0.39, 0.29) is 6.04 Å². The molecule has 3 nitrogen and oxygen atoms in total. The van der Waals surface area contributed by atoms with Crippen LogP contribution in [0.25, 0.3) is 0 Å². The summed E-state index contributed by atoms with van der Waals surface area (Å²) in [5.41, 5.74) is 3.38. The SMILES string of the molecule is C=C(C(=N/C(=C\C)C(C)C)[C@H](C)N(C)C)[C@H]1CCOC1. The van der Waals surface area contributed by atoms with Crippen LogP contribution in [0.5, 0.6) is 0 Å². The quantitative estimate of drug-likeness (QED) is 0.694. The zero-order chi connectivity index (χ0) is 15.3. The molecule has 2 atom stereocenters. The van der Waals surface area contributed by atoms with Crippen LogP contribution in [0, 0.1) is 11.8 Å². The van der Waals surface area contributed by atoms with E-state index < -0.39 is 0 Å². The van der Waals surface area contributed by atoms with E-state index in [9.17, 15) is 0 Å². The summed E-state index contributed by atoms with van der Waals surface area (Å²) in [5, 5.41) is 0. The minimum Gasteiger partial charge on any atom is -0.381 e. The first-order valence-corrected chi connectivity index (χ1v) is 7.56. The van der Waals surface area contributed by atoms with Crippen molar-refractivity contribution >= 4 is 5.71 Å². The molecule has 0 saturated carbocycles. The summed E-state index contributed by atoms with van der Waals surface area (Å²) in [4.78, 5) is 7.13. The van der Waals surface area contributed by atoms with Crippen molar-refractivity contribution in [3.63, 3.8) is 0 Å². The largest absolute Gasteiger partial charge is 0.381 e. The predicted molar refractivity (Wildman–Crippen MR) is 87.2 cm³/mol. The van der Waals surface area contributed by atoms with Gasteiger partial charge in [0.15, 0.2) is 0 Å². The van der Waals surface area contributed by atoms with E-state index in [1.54, 1.807) is 0 Å². The van der Waals surface area contributed by atoms with Gasteiger partial charge in [-0.25, -0.2) is 0 Å². The van der Waals surface area contributed by atoms with Gasteiger partial charge in [0.05, 0.1) is 12.3 Å². The summed E-state index contributed by atoms with van der Waals surface area (Å²) in [6, 6.07) is 0.261. The van der Waals surface area contributed by atoms with Crippen molar-refractivity contribution in [1.82, 2.24) is 4.90 Å². The van der Waals surface area contributed by atoms with E-state index >= 15 is 0 Å². The van der Waals surface area contributed by atoms with Gasteiger partial charge >= 0.3 is 0 Å². The average Bonchev–Trinajstić information content (AvgIpc) is 2.92. The van der Waals surface area contributed by atoms with Crippen LogP contribution in [0.1, 0.15) is 34.1 Å². The average molecular weight is 278 g/mol. The lowest BCUT2D eigenvalue weighted by Gasteiger charge is -2.26. The van der Waals surface area contributed by atoms with Crippen molar-refractivity contribution in [2.24, 2.45) is 16.8 Å². The maximum absolute atomic E-state index is 5.50.